The van der Waals surface area contributed by atoms with Crippen LogP contribution >= 0.6 is 11.3 Å². The first-order valence-electron chi connectivity index (χ1n) is 7.11. The van der Waals surface area contributed by atoms with E-state index in [0.717, 1.165) is 10.2 Å². The number of rotatable bonds is 4. The highest BCUT2D eigenvalue weighted by Crippen LogP contribution is 2.29. The van der Waals surface area contributed by atoms with E-state index >= 15 is 0 Å². The van der Waals surface area contributed by atoms with Gasteiger partial charge < -0.3 is 4.74 Å². The van der Waals surface area contributed by atoms with Crippen LogP contribution in [0.1, 0.15) is 31.6 Å². The maximum atomic E-state index is 12.6. The van der Waals surface area contributed by atoms with Crippen LogP contribution in [0.2, 0.25) is 0 Å². The molecule has 118 valence electrons. The van der Waals surface area contributed by atoms with Gasteiger partial charge in [-0.3, -0.25) is 4.79 Å². The van der Waals surface area contributed by atoms with Crippen LogP contribution in [0.15, 0.2) is 48.5 Å². The number of ketones is 1. The zero-order valence-electron chi connectivity index (χ0n) is 12.7. The largest absolute Gasteiger partial charge is 0.465 e. The van der Waals surface area contributed by atoms with E-state index in [9.17, 15) is 14.9 Å². The van der Waals surface area contributed by atoms with E-state index in [0.29, 0.717) is 16.1 Å². The van der Waals surface area contributed by atoms with Crippen molar-refractivity contribution >= 4 is 33.3 Å². The van der Waals surface area contributed by atoms with Crippen molar-refractivity contribution in [2.45, 2.75) is 5.92 Å². The van der Waals surface area contributed by atoms with Gasteiger partial charge in [0.2, 0.25) is 0 Å². The molecular formula is C18H12N2O3S. The number of methoxy groups -OCH3 is 1. The lowest BCUT2D eigenvalue weighted by atomic mass is 9.98. The van der Waals surface area contributed by atoms with Crippen LogP contribution in [0.25, 0.3) is 10.2 Å². The van der Waals surface area contributed by atoms with Gasteiger partial charge in [-0.25, -0.2) is 9.78 Å². The summed E-state index contributed by atoms with van der Waals surface area (Å²) in [6.45, 7) is 0. The summed E-state index contributed by atoms with van der Waals surface area (Å²) in [4.78, 5) is 28.5. The molecule has 1 atom stereocenters. The van der Waals surface area contributed by atoms with Crippen molar-refractivity contribution in [1.82, 2.24) is 4.98 Å². The van der Waals surface area contributed by atoms with Crippen molar-refractivity contribution in [1.29, 1.82) is 5.26 Å². The first-order chi connectivity index (χ1) is 11.6. The minimum Gasteiger partial charge on any atom is -0.465 e. The Balaban J connectivity index is 1.91. The lowest BCUT2D eigenvalue weighted by Gasteiger charge is -2.06. The van der Waals surface area contributed by atoms with Crippen LogP contribution in [0, 0.1) is 11.3 Å². The molecule has 3 aromatic rings. The Morgan fingerprint density at radius 3 is 2.42 bits per heavy atom. The summed E-state index contributed by atoms with van der Waals surface area (Å²) in [6, 6.07) is 15.6. The zero-order valence-corrected chi connectivity index (χ0v) is 13.5. The number of esters is 1. The summed E-state index contributed by atoms with van der Waals surface area (Å²) < 4.78 is 5.56. The van der Waals surface area contributed by atoms with Crippen LogP contribution in [0.3, 0.4) is 0 Å². The molecule has 1 unspecified atom stereocenters. The summed E-state index contributed by atoms with van der Waals surface area (Å²) in [5.74, 6) is -1.78. The Kier molecular flexibility index (Phi) is 4.36. The number of Topliss-reactive ketones (excluding diaryl/α,β-unsaturated/α-hetero) is 1. The Bertz CT molecular complexity index is 921. The first kappa shape index (κ1) is 15.8. The van der Waals surface area contributed by atoms with Crippen molar-refractivity contribution in [3.8, 4) is 6.07 Å². The molecule has 1 aromatic heterocycles. The molecule has 0 fully saturated rings. The number of fused-ring (bicyclic) bond motifs is 1. The number of thiazole rings is 1. The smallest absolute Gasteiger partial charge is 0.337 e. The molecule has 0 N–H and O–H groups in total. The van der Waals surface area contributed by atoms with Crippen molar-refractivity contribution in [3.05, 3.63) is 64.7 Å². The van der Waals surface area contributed by atoms with Crippen LogP contribution in [0.5, 0.6) is 0 Å². The molecule has 0 aliphatic heterocycles. The Labute approximate surface area is 142 Å². The van der Waals surface area contributed by atoms with Gasteiger partial charge in [0.25, 0.3) is 0 Å². The molecule has 0 spiro atoms. The number of carbonyl (C=O) groups excluding carboxylic acids is 2. The van der Waals surface area contributed by atoms with Crippen molar-refractivity contribution in [2.24, 2.45) is 0 Å². The minimum absolute atomic E-state index is 0.340. The second-order valence-corrected chi connectivity index (χ2v) is 6.08. The number of nitrogens with zero attached hydrogens (tertiary/aromatic N) is 2. The third-order valence-corrected chi connectivity index (χ3v) is 4.64. The molecular weight excluding hydrogens is 324 g/mol. The van der Waals surface area contributed by atoms with Crippen LogP contribution in [0.4, 0.5) is 0 Å². The van der Waals surface area contributed by atoms with Gasteiger partial charge >= 0.3 is 5.97 Å². The number of carbonyl (C=O) groups is 2. The second kappa shape index (κ2) is 6.60. The quantitative estimate of drug-likeness (QED) is 0.537. The molecule has 0 saturated carbocycles. The van der Waals surface area contributed by atoms with Crippen LogP contribution in [-0.2, 0) is 4.74 Å². The summed E-state index contributed by atoms with van der Waals surface area (Å²) >= 11 is 1.34. The number of hydrogen-bond acceptors (Lipinski definition) is 6. The fraction of sp³-hybridized carbons (Fsp3) is 0.111. The molecule has 0 amide bonds. The second-order valence-electron chi connectivity index (χ2n) is 5.02. The number of nitriles is 1. The highest BCUT2D eigenvalue weighted by Gasteiger charge is 2.25. The van der Waals surface area contributed by atoms with E-state index in [1.807, 2.05) is 30.3 Å². The van der Waals surface area contributed by atoms with Gasteiger partial charge in [0.1, 0.15) is 5.01 Å². The normalized spacial score (nSPS) is 11.7. The summed E-state index contributed by atoms with van der Waals surface area (Å²) in [5.41, 5.74) is 1.47. The van der Waals surface area contributed by atoms with Crippen LogP contribution in [-0.4, -0.2) is 23.8 Å². The predicted molar refractivity (Wildman–Crippen MR) is 90.1 cm³/mol. The molecule has 0 bridgehead atoms. The number of ether oxygens (including phenoxy) is 1. The Morgan fingerprint density at radius 2 is 1.79 bits per heavy atom. The van der Waals surface area contributed by atoms with Gasteiger partial charge in [-0.1, -0.05) is 24.3 Å². The van der Waals surface area contributed by atoms with Crippen molar-refractivity contribution in [3.63, 3.8) is 0 Å². The van der Waals surface area contributed by atoms with Gasteiger partial charge in [0.15, 0.2) is 11.7 Å². The molecule has 3 rings (SSSR count). The van der Waals surface area contributed by atoms with Gasteiger partial charge in [0.05, 0.1) is 29.0 Å². The molecule has 5 nitrogen and oxygen atoms in total. The molecule has 0 saturated heterocycles. The van der Waals surface area contributed by atoms with Crippen molar-refractivity contribution < 1.29 is 14.3 Å². The molecule has 0 radical (unpaired) electrons. The van der Waals surface area contributed by atoms with E-state index in [-0.39, 0.29) is 5.78 Å². The van der Waals surface area contributed by atoms with E-state index in [4.69, 9.17) is 0 Å². The topological polar surface area (TPSA) is 80.0 Å². The number of para-hydroxylation sites is 1. The first-order valence-corrected chi connectivity index (χ1v) is 7.93. The molecule has 0 aliphatic rings. The van der Waals surface area contributed by atoms with Gasteiger partial charge in [-0.2, -0.15) is 5.26 Å². The van der Waals surface area contributed by atoms with E-state index < -0.39 is 11.9 Å². The van der Waals surface area contributed by atoms with E-state index in [1.165, 1.54) is 42.7 Å². The maximum Gasteiger partial charge on any atom is 0.337 e. The predicted octanol–water partition coefficient (Wildman–Crippen LogP) is 3.57. The van der Waals surface area contributed by atoms with E-state index in [1.54, 1.807) is 0 Å². The lowest BCUT2D eigenvalue weighted by Crippen LogP contribution is -2.11. The monoisotopic (exact) mass is 336 g/mol. The van der Waals surface area contributed by atoms with Gasteiger partial charge in [-0.15, -0.1) is 11.3 Å². The lowest BCUT2D eigenvalue weighted by molar-refractivity contribution is 0.0600. The van der Waals surface area contributed by atoms with E-state index in [2.05, 4.69) is 9.72 Å². The fourth-order valence-electron chi connectivity index (χ4n) is 2.29. The highest BCUT2D eigenvalue weighted by atomic mass is 32.1. The van der Waals surface area contributed by atoms with Gasteiger partial charge in [-0.05, 0) is 24.3 Å². The highest BCUT2D eigenvalue weighted by molar-refractivity contribution is 7.18. The number of aromatic nitrogens is 1. The standard InChI is InChI=1S/C18H12N2O3S/c1-23-18(22)12-8-6-11(7-9-12)16(21)13(10-19)17-20-14-4-2-3-5-15(14)24-17/h2-9,13H,1H3. The number of hydrogen-bond donors (Lipinski definition) is 0. The Morgan fingerprint density at radius 1 is 1.12 bits per heavy atom. The maximum absolute atomic E-state index is 12.6. The average Bonchev–Trinajstić information content (AvgIpc) is 3.05. The fourth-order valence-corrected chi connectivity index (χ4v) is 3.31. The van der Waals surface area contributed by atoms with Crippen molar-refractivity contribution in [2.75, 3.05) is 7.11 Å². The molecule has 24 heavy (non-hydrogen) atoms. The summed E-state index contributed by atoms with van der Waals surface area (Å²) in [7, 11) is 1.29. The zero-order chi connectivity index (χ0) is 17.1. The molecule has 6 heteroatoms. The Hall–Kier alpha value is -3.04. The summed E-state index contributed by atoms with van der Waals surface area (Å²) in [6.07, 6.45) is 0. The van der Waals surface area contributed by atoms with Crippen LogP contribution < -0.4 is 0 Å². The third kappa shape index (κ3) is 2.90. The minimum atomic E-state index is -0.966. The average molecular weight is 336 g/mol. The summed E-state index contributed by atoms with van der Waals surface area (Å²) in [5, 5.41) is 9.91. The molecule has 0 aliphatic carbocycles. The SMILES string of the molecule is COC(=O)c1ccc(C(=O)C(C#N)c2nc3ccccc3s2)cc1. The molecule has 1 heterocycles. The molecule has 2 aromatic carbocycles. The third-order valence-electron chi connectivity index (χ3n) is 3.54. The number of benzene rings is 2. The van der Waals surface area contributed by atoms with Gasteiger partial charge in [0, 0.05) is 5.56 Å².